The highest BCUT2D eigenvalue weighted by Gasteiger charge is 2.35. The zero-order chi connectivity index (χ0) is 28.8. The van der Waals surface area contributed by atoms with Crippen molar-refractivity contribution in [3.05, 3.63) is 59.2 Å². The van der Waals surface area contributed by atoms with Crippen LogP contribution >= 0.6 is 0 Å². The Bertz CT molecular complexity index is 1200. The molecule has 2 amide bonds. The second-order valence-electron chi connectivity index (χ2n) is 10.9. The summed E-state index contributed by atoms with van der Waals surface area (Å²) in [6.07, 6.45) is 0.936. The molecule has 4 rings (SSSR count). The van der Waals surface area contributed by atoms with E-state index in [0.717, 1.165) is 5.56 Å². The standard InChI is InChI=1S/C30H39N3O7/c1-19-15-33(20(2)18-34)29(36)24-5-4-6-25(31-28(35)22-11-13-39-14-12-22)27(24)40-26(19)17-32(3)16-21-7-9-23(10-8-21)30(37)38/h4-10,19-20,22,26,34H,11-18H2,1-3H3,(H,31,35)(H,37,38)/t19-,20-,26+/m1/s1. The minimum atomic E-state index is -0.966. The van der Waals surface area contributed by atoms with Gasteiger partial charge >= 0.3 is 5.97 Å². The Balaban J connectivity index is 1.60. The van der Waals surface area contributed by atoms with Crippen LogP contribution in [0.1, 0.15) is 53.0 Å². The van der Waals surface area contributed by atoms with Crippen molar-refractivity contribution in [2.45, 2.75) is 45.4 Å². The summed E-state index contributed by atoms with van der Waals surface area (Å²) in [6.45, 7) is 6.20. The lowest BCUT2D eigenvalue weighted by Gasteiger charge is -2.38. The van der Waals surface area contributed by atoms with Gasteiger partial charge in [-0.1, -0.05) is 25.1 Å². The maximum atomic E-state index is 13.7. The third-order valence-corrected chi connectivity index (χ3v) is 7.69. The number of nitrogens with zero attached hydrogens (tertiary/aromatic N) is 2. The molecule has 2 aliphatic heterocycles. The molecule has 10 nitrogen and oxygen atoms in total. The molecular weight excluding hydrogens is 514 g/mol. The first-order valence-corrected chi connectivity index (χ1v) is 13.8. The van der Waals surface area contributed by atoms with Crippen molar-refractivity contribution in [3.63, 3.8) is 0 Å². The van der Waals surface area contributed by atoms with Crippen LogP contribution in [0.4, 0.5) is 5.69 Å². The number of anilines is 1. The highest BCUT2D eigenvalue weighted by atomic mass is 16.5. The van der Waals surface area contributed by atoms with E-state index in [9.17, 15) is 24.6 Å². The third-order valence-electron chi connectivity index (χ3n) is 7.69. The fourth-order valence-electron chi connectivity index (χ4n) is 5.19. The molecule has 3 N–H and O–H groups in total. The molecule has 3 atom stereocenters. The van der Waals surface area contributed by atoms with E-state index in [0.29, 0.717) is 62.7 Å². The first-order valence-electron chi connectivity index (χ1n) is 13.8. The van der Waals surface area contributed by atoms with Crippen LogP contribution in [0.5, 0.6) is 5.75 Å². The summed E-state index contributed by atoms with van der Waals surface area (Å²) in [4.78, 5) is 41.7. The van der Waals surface area contributed by atoms with Gasteiger partial charge in [0.2, 0.25) is 5.91 Å². The Kier molecular flexibility index (Phi) is 9.78. The topological polar surface area (TPSA) is 129 Å². The second-order valence-corrected chi connectivity index (χ2v) is 10.9. The van der Waals surface area contributed by atoms with Gasteiger partial charge < -0.3 is 29.9 Å². The summed E-state index contributed by atoms with van der Waals surface area (Å²) in [5.41, 5.74) is 1.98. The number of aliphatic hydroxyl groups is 1. The van der Waals surface area contributed by atoms with Crippen LogP contribution in [0, 0.1) is 11.8 Å². The number of hydrogen-bond donors (Lipinski definition) is 3. The number of para-hydroxylation sites is 1. The van der Waals surface area contributed by atoms with Gasteiger partial charge in [-0.15, -0.1) is 0 Å². The van der Waals surface area contributed by atoms with Gasteiger partial charge in [0.25, 0.3) is 5.91 Å². The summed E-state index contributed by atoms with van der Waals surface area (Å²) in [5, 5.41) is 22.1. The zero-order valence-corrected chi connectivity index (χ0v) is 23.3. The van der Waals surface area contributed by atoms with E-state index >= 15 is 0 Å². The molecule has 0 saturated carbocycles. The lowest BCUT2D eigenvalue weighted by Crippen LogP contribution is -2.49. The second kappa shape index (κ2) is 13.3. The molecule has 40 heavy (non-hydrogen) atoms. The summed E-state index contributed by atoms with van der Waals surface area (Å²) in [5.74, 6) is -1.28. The monoisotopic (exact) mass is 553 g/mol. The number of nitrogens with one attached hydrogen (secondary N) is 1. The molecular formula is C30H39N3O7. The summed E-state index contributed by atoms with van der Waals surface area (Å²) < 4.78 is 12.0. The molecule has 0 aliphatic carbocycles. The Morgan fingerprint density at radius 3 is 2.50 bits per heavy atom. The van der Waals surface area contributed by atoms with Crippen LogP contribution in [0.2, 0.25) is 0 Å². The predicted octanol–water partition coefficient (Wildman–Crippen LogP) is 3.10. The Morgan fingerprint density at radius 2 is 1.85 bits per heavy atom. The van der Waals surface area contributed by atoms with Gasteiger partial charge in [-0.3, -0.25) is 14.5 Å². The largest absolute Gasteiger partial charge is 0.486 e. The van der Waals surface area contributed by atoms with Crippen LogP contribution in [0.15, 0.2) is 42.5 Å². The average Bonchev–Trinajstić information content (AvgIpc) is 2.95. The first kappa shape index (κ1) is 29.5. The summed E-state index contributed by atoms with van der Waals surface area (Å²) >= 11 is 0. The van der Waals surface area contributed by atoms with Crippen LogP contribution in [0.25, 0.3) is 0 Å². The summed E-state index contributed by atoms with van der Waals surface area (Å²) in [7, 11) is 1.96. The molecule has 1 saturated heterocycles. The van der Waals surface area contributed by atoms with Gasteiger partial charge in [0.15, 0.2) is 5.75 Å². The molecule has 2 aliphatic rings. The molecule has 2 heterocycles. The number of rotatable bonds is 9. The minimum Gasteiger partial charge on any atom is -0.486 e. The number of likely N-dealkylation sites (N-methyl/N-ethyl adjacent to an activating group) is 1. The van der Waals surface area contributed by atoms with Gasteiger partial charge in [-0.05, 0) is 56.6 Å². The number of amides is 2. The Morgan fingerprint density at radius 1 is 1.15 bits per heavy atom. The van der Waals surface area contributed by atoms with E-state index in [-0.39, 0.29) is 41.9 Å². The number of benzene rings is 2. The maximum absolute atomic E-state index is 13.7. The van der Waals surface area contributed by atoms with E-state index in [1.807, 2.05) is 20.9 Å². The lowest BCUT2D eigenvalue weighted by molar-refractivity contribution is -0.122. The van der Waals surface area contributed by atoms with Crippen molar-refractivity contribution in [3.8, 4) is 5.75 Å². The molecule has 2 aromatic rings. The van der Waals surface area contributed by atoms with Crippen LogP contribution in [0.3, 0.4) is 0 Å². The van der Waals surface area contributed by atoms with Gasteiger partial charge in [-0.25, -0.2) is 4.79 Å². The number of ether oxygens (including phenoxy) is 2. The highest BCUT2D eigenvalue weighted by molar-refractivity contribution is 6.02. The van der Waals surface area contributed by atoms with Gasteiger partial charge in [-0.2, -0.15) is 0 Å². The Labute approximate surface area is 234 Å². The molecule has 0 bridgehead atoms. The number of carbonyl (C=O) groups excluding carboxylic acids is 2. The van der Waals surface area contributed by atoms with E-state index in [1.54, 1.807) is 47.4 Å². The fourth-order valence-corrected chi connectivity index (χ4v) is 5.19. The third kappa shape index (κ3) is 6.99. The quantitative estimate of drug-likeness (QED) is 0.432. The minimum absolute atomic E-state index is 0.0952. The Hall–Kier alpha value is -3.47. The lowest BCUT2D eigenvalue weighted by atomic mass is 9.98. The normalized spacial score (nSPS) is 20.7. The number of carboxylic acids is 1. The van der Waals surface area contributed by atoms with Gasteiger partial charge in [0.05, 0.1) is 29.5 Å². The zero-order valence-electron chi connectivity index (χ0n) is 23.3. The molecule has 0 radical (unpaired) electrons. The van der Waals surface area contributed by atoms with Crippen molar-refractivity contribution in [1.82, 2.24) is 9.80 Å². The summed E-state index contributed by atoms with van der Waals surface area (Å²) in [6, 6.07) is 11.5. The number of carboxylic acid groups (broad SMARTS) is 1. The highest BCUT2D eigenvalue weighted by Crippen LogP contribution is 2.35. The molecule has 0 aromatic heterocycles. The van der Waals surface area contributed by atoms with Crippen molar-refractivity contribution in [2.75, 3.05) is 45.3 Å². The number of hydrogen-bond acceptors (Lipinski definition) is 7. The maximum Gasteiger partial charge on any atom is 0.335 e. The van der Waals surface area contributed by atoms with Crippen LogP contribution in [-0.4, -0.2) is 89.9 Å². The van der Waals surface area contributed by atoms with Crippen molar-refractivity contribution in [1.29, 1.82) is 0 Å². The van der Waals surface area contributed by atoms with Crippen LogP contribution < -0.4 is 10.1 Å². The number of aliphatic hydroxyl groups excluding tert-OH is 1. The molecule has 0 unspecified atom stereocenters. The average molecular weight is 554 g/mol. The molecule has 10 heteroatoms. The van der Waals surface area contributed by atoms with Crippen molar-refractivity contribution < 1.29 is 34.1 Å². The predicted molar refractivity (Wildman–Crippen MR) is 150 cm³/mol. The van der Waals surface area contributed by atoms with Crippen molar-refractivity contribution in [2.24, 2.45) is 11.8 Å². The smallest absolute Gasteiger partial charge is 0.335 e. The van der Waals surface area contributed by atoms with Crippen LogP contribution in [-0.2, 0) is 16.1 Å². The van der Waals surface area contributed by atoms with Gasteiger partial charge in [0, 0.05) is 44.7 Å². The van der Waals surface area contributed by atoms with Gasteiger partial charge in [0.1, 0.15) is 6.10 Å². The fraction of sp³-hybridized carbons (Fsp3) is 0.500. The SMILES string of the molecule is C[C@@H]1CN([C@H](C)CO)C(=O)c2cccc(NC(=O)C3CCOCC3)c2O[C@H]1CN(C)Cc1ccc(C(=O)O)cc1. The molecule has 2 aromatic carbocycles. The van der Waals surface area contributed by atoms with Crippen molar-refractivity contribution >= 4 is 23.5 Å². The molecule has 1 fully saturated rings. The van der Waals surface area contributed by atoms with E-state index in [1.165, 1.54) is 0 Å². The number of aromatic carboxylic acids is 1. The first-order chi connectivity index (χ1) is 19.2. The number of fused-ring (bicyclic) bond motifs is 1. The molecule has 216 valence electrons. The van der Waals surface area contributed by atoms with E-state index < -0.39 is 12.0 Å². The molecule has 0 spiro atoms. The number of carbonyl (C=O) groups is 3. The van der Waals surface area contributed by atoms with E-state index in [4.69, 9.17) is 9.47 Å². The van der Waals surface area contributed by atoms with E-state index in [2.05, 4.69) is 10.2 Å².